The zero-order valence-corrected chi connectivity index (χ0v) is 11.3. The van der Waals surface area contributed by atoms with Gasteiger partial charge in [-0.25, -0.2) is 4.79 Å². The van der Waals surface area contributed by atoms with Crippen LogP contribution >= 0.6 is 0 Å². The lowest BCUT2D eigenvalue weighted by molar-refractivity contribution is 0.139. The third-order valence-electron chi connectivity index (χ3n) is 2.43. The molecule has 0 radical (unpaired) electrons. The molecular weight excluding hydrogens is 248 g/mol. The van der Waals surface area contributed by atoms with Crippen molar-refractivity contribution in [3.05, 3.63) is 23.8 Å². The molecule has 3 N–H and O–H groups in total. The van der Waals surface area contributed by atoms with Crippen LogP contribution < -0.4 is 20.5 Å². The van der Waals surface area contributed by atoms with Gasteiger partial charge in [0.1, 0.15) is 18.1 Å². The monoisotopic (exact) mass is 268 g/mol. The first kappa shape index (κ1) is 15.1. The van der Waals surface area contributed by atoms with E-state index >= 15 is 0 Å². The maximum absolute atomic E-state index is 11.4. The largest absolute Gasteiger partial charge is 0.497 e. The number of alkyl carbamates (subject to hydrolysis) is 1. The van der Waals surface area contributed by atoms with Crippen LogP contribution in [0.4, 0.5) is 4.79 Å². The highest BCUT2D eigenvalue weighted by molar-refractivity contribution is 5.67. The number of nitrogens with one attached hydrogen (secondary N) is 1. The van der Waals surface area contributed by atoms with Gasteiger partial charge in [-0.3, -0.25) is 0 Å². The number of benzene rings is 1. The Morgan fingerprint density at radius 2 is 1.84 bits per heavy atom. The zero-order valence-electron chi connectivity index (χ0n) is 11.3. The average molecular weight is 268 g/mol. The van der Waals surface area contributed by atoms with Gasteiger partial charge in [0.15, 0.2) is 0 Å². The summed E-state index contributed by atoms with van der Waals surface area (Å²) < 4.78 is 15.3. The van der Waals surface area contributed by atoms with Gasteiger partial charge in [-0.05, 0) is 30.7 Å². The van der Waals surface area contributed by atoms with Crippen LogP contribution in [0.3, 0.4) is 0 Å². The Labute approximate surface area is 112 Å². The second-order valence-electron chi connectivity index (χ2n) is 3.87. The fraction of sp³-hybridized carbons (Fsp3) is 0.462. The van der Waals surface area contributed by atoms with E-state index in [0.29, 0.717) is 24.6 Å². The van der Waals surface area contributed by atoms with Gasteiger partial charge in [0.2, 0.25) is 0 Å². The van der Waals surface area contributed by atoms with Crippen molar-refractivity contribution in [3.8, 4) is 11.5 Å². The molecule has 0 aliphatic rings. The van der Waals surface area contributed by atoms with Crippen LogP contribution in [0, 0.1) is 0 Å². The Morgan fingerprint density at radius 1 is 1.21 bits per heavy atom. The van der Waals surface area contributed by atoms with Crippen molar-refractivity contribution in [2.75, 3.05) is 27.3 Å². The van der Waals surface area contributed by atoms with Crippen LogP contribution in [0.25, 0.3) is 0 Å². The second-order valence-corrected chi connectivity index (χ2v) is 3.87. The zero-order chi connectivity index (χ0) is 14.1. The molecule has 0 heterocycles. The highest BCUT2D eigenvalue weighted by Crippen LogP contribution is 2.22. The summed E-state index contributed by atoms with van der Waals surface area (Å²) in [6.07, 6.45) is 0.262. The molecule has 106 valence electrons. The molecule has 0 saturated carbocycles. The molecule has 0 unspecified atom stereocenters. The number of nitrogens with two attached hydrogens (primary N) is 1. The summed E-state index contributed by atoms with van der Waals surface area (Å²) in [5.74, 6) is 1.31. The maximum atomic E-state index is 11.4. The fourth-order valence-corrected chi connectivity index (χ4v) is 1.44. The van der Waals surface area contributed by atoms with Gasteiger partial charge in [-0.1, -0.05) is 0 Å². The molecule has 1 amide bonds. The van der Waals surface area contributed by atoms with Crippen LogP contribution in [0.1, 0.15) is 12.0 Å². The minimum atomic E-state index is -0.463. The summed E-state index contributed by atoms with van der Waals surface area (Å²) in [5, 5.41) is 2.61. The first-order valence-electron chi connectivity index (χ1n) is 6.02. The summed E-state index contributed by atoms with van der Waals surface area (Å²) in [6.45, 7) is 1.20. The first-order chi connectivity index (χ1) is 9.19. The topological polar surface area (TPSA) is 82.8 Å². The standard InChI is InChI=1S/C13H20N2O4/c1-17-11-6-10(7-12(8-11)18-2)9-19-13(16)15-5-3-4-14/h6-8H,3-5,9,14H2,1-2H3,(H,15,16). The van der Waals surface area contributed by atoms with E-state index in [-0.39, 0.29) is 6.61 Å². The van der Waals surface area contributed by atoms with Gasteiger partial charge in [0.25, 0.3) is 0 Å². The highest BCUT2D eigenvalue weighted by Gasteiger charge is 2.05. The van der Waals surface area contributed by atoms with E-state index in [1.165, 1.54) is 0 Å². The number of rotatable bonds is 7. The highest BCUT2D eigenvalue weighted by atomic mass is 16.5. The van der Waals surface area contributed by atoms with Crippen molar-refractivity contribution in [1.29, 1.82) is 0 Å². The Kier molecular flexibility index (Phi) is 6.52. The van der Waals surface area contributed by atoms with E-state index < -0.39 is 6.09 Å². The van der Waals surface area contributed by atoms with E-state index in [1.54, 1.807) is 32.4 Å². The van der Waals surface area contributed by atoms with Crippen LogP contribution in [0.15, 0.2) is 18.2 Å². The van der Waals surface area contributed by atoms with Crippen molar-refractivity contribution in [3.63, 3.8) is 0 Å². The molecule has 0 bridgehead atoms. The van der Waals surface area contributed by atoms with Crippen molar-refractivity contribution in [2.45, 2.75) is 13.0 Å². The van der Waals surface area contributed by atoms with Gasteiger partial charge in [0, 0.05) is 12.6 Å². The van der Waals surface area contributed by atoms with Gasteiger partial charge in [-0.2, -0.15) is 0 Å². The molecule has 0 fully saturated rings. The van der Waals surface area contributed by atoms with Crippen molar-refractivity contribution >= 4 is 6.09 Å². The summed E-state index contributed by atoms with van der Waals surface area (Å²) >= 11 is 0. The Hall–Kier alpha value is -1.95. The smallest absolute Gasteiger partial charge is 0.407 e. The summed E-state index contributed by atoms with van der Waals surface area (Å²) in [4.78, 5) is 11.4. The fourth-order valence-electron chi connectivity index (χ4n) is 1.44. The third-order valence-corrected chi connectivity index (χ3v) is 2.43. The van der Waals surface area contributed by atoms with Crippen LogP contribution in [0.2, 0.25) is 0 Å². The number of methoxy groups -OCH3 is 2. The Morgan fingerprint density at radius 3 is 2.37 bits per heavy atom. The molecule has 0 saturated heterocycles. The minimum Gasteiger partial charge on any atom is -0.497 e. The minimum absolute atomic E-state index is 0.155. The number of carbonyl (C=O) groups excluding carboxylic acids is 1. The van der Waals surface area contributed by atoms with Crippen molar-refractivity contribution in [2.24, 2.45) is 5.73 Å². The average Bonchev–Trinajstić information content (AvgIpc) is 2.45. The molecule has 19 heavy (non-hydrogen) atoms. The summed E-state index contributed by atoms with van der Waals surface area (Å²) in [5.41, 5.74) is 6.12. The van der Waals surface area contributed by atoms with E-state index in [0.717, 1.165) is 12.0 Å². The van der Waals surface area contributed by atoms with Crippen LogP contribution in [0.5, 0.6) is 11.5 Å². The lowest BCUT2D eigenvalue weighted by Crippen LogP contribution is -2.26. The predicted octanol–water partition coefficient (Wildman–Crippen LogP) is 1.28. The van der Waals surface area contributed by atoms with Gasteiger partial charge in [0.05, 0.1) is 14.2 Å². The molecule has 0 aromatic heterocycles. The first-order valence-corrected chi connectivity index (χ1v) is 6.02. The number of amides is 1. The number of carbonyl (C=O) groups is 1. The quantitative estimate of drug-likeness (QED) is 0.728. The third kappa shape index (κ3) is 5.48. The molecule has 1 aromatic rings. The van der Waals surface area contributed by atoms with Crippen molar-refractivity contribution < 1.29 is 19.0 Å². The second kappa shape index (κ2) is 8.20. The predicted molar refractivity (Wildman–Crippen MR) is 71.4 cm³/mol. The number of ether oxygens (including phenoxy) is 3. The van der Waals surface area contributed by atoms with Gasteiger partial charge < -0.3 is 25.3 Å². The molecule has 1 aromatic carbocycles. The van der Waals surface area contributed by atoms with Crippen LogP contribution in [-0.4, -0.2) is 33.4 Å². The Bertz CT molecular complexity index is 387. The van der Waals surface area contributed by atoms with Gasteiger partial charge in [-0.15, -0.1) is 0 Å². The molecule has 0 atom stereocenters. The van der Waals surface area contributed by atoms with Crippen molar-refractivity contribution in [1.82, 2.24) is 5.32 Å². The molecule has 0 aliphatic heterocycles. The SMILES string of the molecule is COc1cc(COC(=O)NCCCN)cc(OC)c1. The van der Waals surface area contributed by atoms with E-state index in [4.69, 9.17) is 19.9 Å². The van der Waals surface area contributed by atoms with E-state index in [1.807, 2.05) is 0 Å². The Balaban J connectivity index is 2.50. The van der Waals surface area contributed by atoms with Gasteiger partial charge >= 0.3 is 6.09 Å². The molecule has 0 spiro atoms. The molecule has 0 aliphatic carbocycles. The van der Waals surface area contributed by atoms with E-state index in [9.17, 15) is 4.79 Å². The summed E-state index contributed by atoms with van der Waals surface area (Å²) in [6, 6.07) is 5.33. The normalized spacial score (nSPS) is 9.84. The van der Waals surface area contributed by atoms with E-state index in [2.05, 4.69) is 5.32 Å². The lowest BCUT2D eigenvalue weighted by Gasteiger charge is -2.09. The van der Waals surface area contributed by atoms with Crippen LogP contribution in [-0.2, 0) is 11.3 Å². The molecule has 1 rings (SSSR count). The number of hydrogen-bond donors (Lipinski definition) is 2. The lowest BCUT2D eigenvalue weighted by atomic mass is 10.2. The number of hydrogen-bond acceptors (Lipinski definition) is 5. The molecule has 6 heteroatoms. The molecular formula is C13H20N2O4. The molecule has 6 nitrogen and oxygen atoms in total. The summed E-state index contributed by atoms with van der Waals surface area (Å²) in [7, 11) is 3.14. The maximum Gasteiger partial charge on any atom is 0.407 e.